The molecule has 2 fully saturated rings. The fourth-order valence-electron chi connectivity index (χ4n) is 3.40. The molecule has 0 aromatic heterocycles. The van der Waals surface area contributed by atoms with Crippen LogP contribution < -0.4 is 0 Å². The van der Waals surface area contributed by atoms with E-state index in [0.717, 1.165) is 18.4 Å². The first-order valence-corrected chi connectivity index (χ1v) is 7.94. The molecule has 2 saturated heterocycles. The van der Waals surface area contributed by atoms with Gasteiger partial charge in [0.05, 0.1) is 16.1 Å². The van der Waals surface area contributed by atoms with Crippen molar-refractivity contribution in [3.05, 3.63) is 39.9 Å². The highest BCUT2D eigenvalue weighted by atomic mass is 35.5. The smallest absolute Gasteiger partial charge is 0.247 e. The maximum Gasteiger partial charge on any atom is 0.247 e. The van der Waals surface area contributed by atoms with E-state index in [0.29, 0.717) is 22.9 Å². The van der Waals surface area contributed by atoms with E-state index in [-0.39, 0.29) is 24.1 Å². The summed E-state index contributed by atoms with van der Waals surface area (Å²) in [5, 5.41) is 10.7. The van der Waals surface area contributed by atoms with Gasteiger partial charge in [-0.15, -0.1) is 0 Å². The second-order valence-corrected chi connectivity index (χ2v) is 6.52. The minimum absolute atomic E-state index is 0.00885. The minimum atomic E-state index is -0.266. The summed E-state index contributed by atoms with van der Waals surface area (Å²) in [4.78, 5) is 14.3. The molecule has 3 rings (SSSR count). The van der Waals surface area contributed by atoms with E-state index in [4.69, 9.17) is 23.2 Å². The maximum atomic E-state index is 12.4. The molecule has 0 spiro atoms. The molecule has 2 aliphatic rings. The third kappa shape index (κ3) is 2.96. The summed E-state index contributed by atoms with van der Waals surface area (Å²) in [5.41, 5.74) is 0.738. The predicted molar refractivity (Wildman–Crippen MR) is 84.4 cm³/mol. The number of carbonyl (C=O) groups is 1. The van der Waals surface area contributed by atoms with Crippen LogP contribution in [0.25, 0.3) is 6.08 Å². The number of fused-ring (bicyclic) bond motifs is 2. The Bertz CT molecular complexity index is 574. The van der Waals surface area contributed by atoms with Crippen molar-refractivity contribution >= 4 is 35.2 Å². The molecule has 2 atom stereocenters. The number of benzene rings is 1. The van der Waals surface area contributed by atoms with Crippen LogP contribution in [0, 0.1) is 0 Å². The van der Waals surface area contributed by atoms with Crippen LogP contribution >= 0.6 is 23.2 Å². The number of nitrogens with zero attached hydrogens (tertiary/aromatic N) is 1. The van der Waals surface area contributed by atoms with Crippen molar-refractivity contribution in [3.8, 4) is 0 Å². The van der Waals surface area contributed by atoms with Gasteiger partial charge in [-0.05, 0) is 43.4 Å². The standard InChI is InChI=1S/C16H17Cl2NO2/c17-14-3-1-2-10(16(14)18)4-7-15(21)19-11-5-6-12(19)9-13(20)8-11/h1-4,7,11-13,20H,5-6,8-9H2. The van der Waals surface area contributed by atoms with E-state index >= 15 is 0 Å². The molecule has 1 N–H and O–H groups in total. The van der Waals surface area contributed by atoms with Gasteiger partial charge in [0.15, 0.2) is 0 Å². The Morgan fingerprint density at radius 3 is 2.57 bits per heavy atom. The highest BCUT2D eigenvalue weighted by Crippen LogP contribution is 2.36. The maximum absolute atomic E-state index is 12.4. The first kappa shape index (κ1) is 14.9. The van der Waals surface area contributed by atoms with Crippen LogP contribution in [-0.4, -0.2) is 34.1 Å². The van der Waals surface area contributed by atoms with Crippen LogP contribution in [0.1, 0.15) is 31.2 Å². The zero-order chi connectivity index (χ0) is 15.0. The largest absolute Gasteiger partial charge is 0.393 e. The molecule has 21 heavy (non-hydrogen) atoms. The Morgan fingerprint density at radius 1 is 1.24 bits per heavy atom. The van der Waals surface area contributed by atoms with E-state index in [9.17, 15) is 9.90 Å². The average molecular weight is 326 g/mol. The SMILES string of the molecule is O=C(C=Cc1cccc(Cl)c1Cl)N1C2CCC1CC(O)C2. The summed E-state index contributed by atoms with van der Waals surface area (Å²) in [5.74, 6) is -0.00885. The Labute approximate surface area is 134 Å². The molecule has 0 aliphatic carbocycles. The molecule has 2 unspecified atom stereocenters. The lowest BCUT2D eigenvalue weighted by atomic mass is 10.00. The van der Waals surface area contributed by atoms with Gasteiger partial charge < -0.3 is 10.0 Å². The van der Waals surface area contributed by atoms with Crippen LogP contribution in [0.3, 0.4) is 0 Å². The highest BCUT2D eigenvalue weighted by molar-refractivity contribution is 6.42. The molecule has 1 amide bonds. The van der Waals surface area contributed by atoms with Gasteiger partial charge in [-0.1, -0.05) is 35.3 Å². The lowest BCUT2D eigenvalue weighted by molar-refractivity contribution is -0.131. The normalized spacial score (nSPS) is 28.3. The molecule has 2 bridgehead atoms. The summed E-state index contributed by atoms with van der Waals surface area (Å²) in [7, 11) is 0. The summed E-state index contributed by atoms with van der Waals surface area (Å²) >= 11 is 12.1. The van der Waals surface area contributed by atoms with Crippen molar-refractivity contribution < 1.29 is 9.90 Å². The monoisotopic (exact) mass is 325 g/mol. The molecular weight excluding hydrogens is 309 g/mol. The number of aliphatic hydroxyl groups is 1. The van der Waals surface area contributed by atoms with Crippen LogP contribution in [0.4, 0.5) is 0 Å². The van der Waals surface area contributed by atoms with E-state index in [1.165, 1.54) is 0 Å². The topological polar surface area (TPSA) is 40.5 Å². The van der Waals surface area contributed by atoms with E-state index in [1.54, 1.807) is 24.3 Å². The van der Waals surface area contributed by atoms with Crippen molar-refractivity contribution in [1.29, 1.82) is 0 Å². The minimum Gasteiger partial charge on any atom is -0.393 e. The fourth-order valence-corrected chi connectivity index (χ4v) is 3.78. The van der Waals surface area contributed by atoms with Crippen molar-refractivity contribution in [2.75, 3.05) is 0 Å². The van der Waals surface area contributed by atoms with Gasteiger partial charge in [0.25, 0.3) is 0 Å². The Morgan fingerprint density at radius 2 is 1.90 bits per heavy atom. The second-order valence-electron chi connectivity index (χ2n) is 5.73. The third-order valence-electron chi connectivity index (χ3n) is 4.35. The fraction of sp³-hybridized carbons (Fsp3) is 0.438. The zero-order valence-electron chi connectivity index (χ0n) is 11.5. The molecule has 5 heteroatoms. The molecule has 1 aromatic carbocycles. The average Bonchev–Trinajstić information content (AvgIpc) is 2.72. The molecule has 1 aromatic rings. The molecule has 3 nitrogen and oxygen atoms in total. The summed E-state index contributed by atoms with van der Waals surface area (Å²) in [6.07, 6.45) is 6.35. The van der Waals surface area contributed by atoms with Crippen molar-refractivity contribution in [2.45, 2.75) is 43.9 Å². The number of halogens is 2. The van der Waals surface area contributed by atoms with Crippen molar-refractivity contribution in [2.24, 2.45) is 0 Å². The van der Waals surface area contributed by atoms with Gasteiger partial charge in [0.1, 0.15) is 0 Å². The molecule has 112 valence electrons. The zero-order valence-corrected chi connectivity index (χ0v) is 13.0. The Balaban J connectivity index is 1.75. The third-order valence-corrected chi connectivity index (χ3v) is 5.18. The number of amides is 1. The van der Waals surface area contributed by atoms with E-state index < -0.39 is 0 Å². The van der Waals surface area contributed by atoms with Crippen LogP contribution in [0.5, 0.6) is 0 Å². The number of piperidine rings is 1. The number of rotatable bonds is 2. The Kier molecular flexibility index (Phi) is 4.25. The molecule has 2 heterocycles. The van der Waals surface area contributed by atoms with E-state index in [2.05, 4.69) is 0 Å². The van der Waals surface area contributed by atoms with Crippen molar-refractivity contribution in [1.82, 2.24) is 4.90 Å². The van der Waals surface area contributed by atoms with Gasteiger partial charge in [-0.2, -0.15) is 0 Å². The van der Waals surface area contributed by atoms with Gasteiger partial charge in [0.2, 0.25) is 5.91 Å². The lowest BCUT2D eigenvalue weighted by Crippen LogP contribution is -2.47. The molecular formula is C16H17Cl2NO2. The van der Waals surface area contributed by atoms with Crippen LogP contribution in [0.2, 0.25) is 10.0 Å². The first-order valence-electron chi connectivity index (χ1n) is 7.18. The van der Waals surface area contributed by atoms with E-state index in [1.807, 2.05) is 11.0 Å². The first-order chi connectivity index (χ1) is 10.1. The number of aliphatic hydroxyl groups excluding tert-OH is 1. The van der Waals surface area contributed by atoms with Crippen LogP contribution in [-0.2, 0) is 4.79 Å². The number of carbonyl (C=O) groups excluding carboxylic acids is 1. The van der Waals surface area contributed by atoms with Gasteiger partial charge in [0, 0.05) is 18.2 Å². The summed E-state index contributed by atoms with van der Waals surface area (Å²) < 4.78 is 0. The molecule has 0 saturated carbocycles. The van der Waals surface area contributed by atoms with Gasteiger partial charge in [-0.3, -0.25) is 4.79 Å². The summed E-state index contributed by atoms with van der Waals surface area (Å²) in [6.45, 7) is 0. The quantitative estimate of drug-likeness (QED) is 0.845. The number of hydrogen-bond donors (Lipinski definition) is 1. The van der Waals surface area contributed by atoms with Gasteiger partial charge >= 0.3 is 0 Å². The highest BCUT2D eigenvalue weighted by Gasteiger charge is 2.41. The number of hydrogen-bond acceptors (Lipinski definition) is 2. The molecule has 2 aliphatic heterocycles. The molecule has 0 radical (unpaired) electrons. The summed E-state index contributed by atoms with van der Waals surface area (Å²) in [6, 6.07) is 5.69. The lowest BCUT2D eigenvalue weighted by Gasteiger charge is -2.36. The van der Waals surface area contributed by atoms with Gasteiger partial charge in [-0.25, -0.2) is 0 Å². The Hall–Kier alpha value is -1.03. The predicted octanol–water partition coefficient (Wildman–Crippen LogP) is 3.52. The van der Waals surface area contributed by atoms with Crippen LogP contribution in [0.15, 0.2) is 24.3 Å². The second kappa shape index (κ2) is 5.99. The van der Waals surface area contributed by atoms with Crippen molar-refractivity contribution in [3.63, 3.8) is 0 Å².